The van der Waals surface area contributed by atoms with Crippen LogP contribution < -0.4 is 0 Å². The van der Waals surface area contributed by atoms with Crippen LogP contribution >= 0.6 is 0 Å². The van der Waals surface area contributed by atoms with E-state index >= 15 is 0 Å². The van der Waals surface area contributed by atoms with Crippen LogP contribution in [0.25, 0.3) is 56.6 Å². The minimum absolute atomic E-state index is 0.549. The number of rotatable bonds is 3. The second-order valence-electron chi connectivity index (χ2n) is 9.84. The molecular weight excluding hydrogens is 468 g/mol. The molecule has 3 heterocycles. The summed E-state index contributed by atoms with van der Waals surface area (Å²) in [7, 11) is 0. The number of nitrogens with zero attached hydrogens (tertiary/aromatic N) is 6. The van der Waals surface area contributed by atoms with Gasteiger partial charge in [-0.2, -0.15) is 9.97 Å². The lowest BCUT2D eigenvalue weighted by molar-refractivity contribution is 0.935. The predicted octanol–water partition coefficient (Wildman–Crippen LogP) is 7.18. The third-order valence-corrected chi connectivity index (χ3v) is 7.62. The molecular formula is C32H26N6. The SMILES string of the molecule is Cc1cccc(-c2nc(-c3cccc(C)c3C)nc(-n3c4ccccc4n4c5ccccc5nc34)n2)c1C. The van der Waals surface area contributed by atoms with E-state index in [2.05, 4.69) is 97.3 Å². The topological polar surface area (TPSA) is 60.9 Å². The van der Waals surface area contributed by atoms with Crippen molar-refractivity contribution in [3.05, 3.63) is 107 Å². The summed E-state index contributed by atoms with van der Waals surface area (Å²) in [6, 6.07) is 29.0. The molecule has 0 aliphatic carbocycles. The van der Waals surface area contributed by atoms with Crippen molar-refractivity contribution < 1.29 is 0 Å². The fraction of sp³-hybridized carbons (Fsp3) is 0.125. The highest BCUT2D eigenvalue weighted by Gasteiger charge is 2.21. The summed E-state index contributed by atoms with van der Waals surface area (Å²) >= 11 is 0. The van der Waals surface area contributed by atoms with E-state index in [1.807, 2.05) is 24.3 Å². The molecule has 0 fully saturated rings. The Balaban J connectivity index is 1.61. The van der Waals surface area contributed by atoms with Crippen LogP contribution in [-0.4, -0.2) is 28.9 Å². The number of para-hydroxylation sites is 4. The number of aryl methyl sites for hydroxylation is 2. The van der Waals surface area contributed by atoms with Crippen molar-refractivity contribution in [2.75, 3.05) is 0 Å². The van der Waals surface area contributed by atoms with Crippen LogP contribution in [0.4, 0.5) is 0 Å². The largest absolute Gasteiger partial charge is 0.276 e. The second-order valence-corrected chi connectivity index (χ2v) is 9.84. The summed E-state index contributed by atoms with van der Waals surface area (Å²) in [6.45, 7) is 8.48. The number of fused-ring (bicyclic) bond motifs is 5. The van der Waals surface area contributed by atoms with E-state index in [9.17, 15) is 0 Å². The van der Waals surface area contributed by atoms with E-state index < -0.39 is 0 Å². The van der Waals surface area contributed by atoms with Gasteiger partial charge in [0.05, 0.1) is 22.1 Å². The third kappa shape index (κ3) is 3.27. The molecule has 184 valence electrons. The lowest BCUT2D eigenvalue weighted by Crippen LogP contribution is -2.08. The molecule has 0 aliphatic rings. The molecule has 6 nitrogen and oxygen atoms in total. The predicted molar refractivity (Wildman–Crippen MR) is 153 cm³/mol. The molecule has 0 amide bonds. The Kier molecular flexibility index (Phi) is 4.91. The van der Waals surface area contributed by atoms with Gasteiger partial charge in [-0.05, 0) is 74.2 Å². The Labute approximate surface area is 220 Å². The van der Waals surface area contributed by atoms with Crippen molar-refractivity contribution in [1.82, 2.24) is 28.9 Å². The zero-order valence-corrected chi connectivity index (χ0v) is 21.8. The first kappa shape index (κ1) is 22.4. The van der Waals surface area contributed by atoms with Crippen LogP contribution in [0.2, 0.25) is 0 Å². The van der Waals surface area contributed by atoms with Gasteiger partial charge in [0.2, 0.25) is 11.7 Å². The van der Waals surface area contributed by atoms with Crippen LogP contribution in [0.5, 0.6) is 0 Å². The highest BCUT2D eigenvalue weighted by atomic mass is 15.3. The summed E-state index contributed by atoms with van der Waals surface area (Å²) in [5.74, 6) is 2.63. The first-order chi connectivity index (χ1) is 18.5. The van der Waals surface area contributed by atoms with Crippen molar-refractivity contribution in [3.63, 3.8) is 0 Å². The summed E-state index contributed by atoms with van der Waals surface area (Å²) in [5.41, 5.74) is 10.7. The lowest BCUT2D eigenvalue weighted by atomic mass is 10.0. The fourth-order valence-electron chi connectivity index (χ4n) is 5.24. The summed E-state index contributed by atoms with van der Waals surface area (Å²) in [5, 5.41) is 0. The molecule has 0 saturated heterocycles. The van der Waals surface area contributed by atoms with Gasteiger partial charge in [0.15, 0.2) is 11.6 Å². The molecule has 0 radical (unpaired) electrons. The van der Waals surface area contributed by atoms with Crippen molar-refractivity contribution in [1.29, 1.82) is 0 Å². The number of imidazole rings is 2. The normalized spacial score (nSPS) is 11.7. The van der Waals surface area contributed by atoms with Gasteiger partial charge >= 0.3 is 0 Å². The van der Waals surface area contributed by atoms with E-state index in [0.717, 1.165) is 50.1 Å². The van der Waals surface area contributed by atoms with E-state index in [0.29, 0.717) is 17.6 Å². The number of hydrogen-bond donors (Lipinski definition) is 0. The minimum atomic E-state index is 0.549. The van der Waals surface area contributed by atoms with Gasteiger partial charge in [-0.3, -0.25) is 4.40 Å². The van der Waals surface area contributed by atoms with Crippen molar-refractivity contribution >= 4 is 27.8 Å². The van der Waals surface area contributed by atoms with E-state index in [-0.39, 0.29) is 0 Å². The third-order valence-electron chi connectivity index (χ3n) is 7.62. The van der Waals surface area contributed by atoms with Crippen LogP contribution in [-0.2, 0) is 0 Å². The van der Waals surface area contributed by atoms with Gasteiger partial charge in [0, 0.05) is 11.1 Å². The summed E-state index contributed by atoms with van der Waals surface area (Å²) < 4.78 is 4.24. The first-order valence-corrected chi connectivity index (χ1v) is 12.8. The maximum absolute atomic E-state index is 5.08. The zero-order chi connectivity index (χ0) is 26.0. The Hall–Kier alpha value is -4.84. The maximum Gasteiger partial charge on any atom is 0.241 e. The van der Waals surface area contributed by atoms with Crippen LogP contribution in [0.3, 0.4) is 0 Å². The zero-order valence-electron chi connectivity index (χ0n) is 21.8. The van der Waals surface area contributed by atoms with E-state index in [1.54, 1.807) is 0 Å². The standard InChI is InChI=1S/C32H26N6/c1-19-11-9-13-23(21(19)3)29-34-30(24-14-10-12-20(2)22(24)4)36-31(35-29)38-28-18-8-7-17-27(28)37-26-16-6-5-15-25(26)33-32(37)38/h5-18H,1-4H3. The Morgan fingerprint density at radius 1 is 0.500 bits per heavy atom. The van der Waals surface area contributed by atoms with Gasteiger partial charge in [-0.1, -0.05) is 60.7 Å². The van der Waals surface area contributed by atoms with Crippen molar-refractivity contribution in [2.45, 2.75) is 27.7 Å². The van der Waals surface area contributed by atoms with Crippen LogP contribution in [0.15, 0.2) is 84.9 Å². The molecule has 0 bridgehead atoms. The molecule has 4 aromatic carbocycles. The average molecular weight is 495 g/mol. The number of hydrogen-bond acceptors (Lipinski definition) is 4. The van der Waals surface area contributed by atoms with Crippen LogP contribution in [0.1, 0.15) is 22.3 Å². The molecule has 0 aliphatic heterocycles. The molecule has 7 rings (SSSR count). The van der Waals surface area contributed by atoms with Crippen molar-refractivity contribution in [2.24, 2.45) is 0 Å². The lowest BCUT2D eigenvalue weighted by Gasteiger charge is -2.13. The number of aromatic nitrogens is 6. The Morgan fingerprint density at radius 3 is 1.68 bits per heavy atom. The average Bonchev–Trinajstić information content (AvgIpc) is 3.46. The van der Waals surface area contributed by atoms with Crippen LogP contribution in [0, 0.1) is 27.7 Å². The van der Waals surface area contributed by atoms with Gasteiger partial charge in [-0.15, -0.1) is 0 Å². The molecule has 7 aromatic rings. The smallest absolute Gasteiger partial charge is 0.241 e. The molecule has 38 heavy (non-hydrogen) atoms. The van der Waals surface area contributed by atoms with E-state index in [1.165, 1.54) is 11.1 Å². The molecule has 0 saturated carbocycles. The molecule has 0 unspecified atom stereocenters. The summed E-state index contributed by atoms with van der Waals surface area (Å²) in [4.78, 5) is 20.2. The van der Waals surface area contributed by atoms with Gasteiger partial charge in [0.1, 0.15) is 0 Å². The highest BCUT2D eigenvalue weighted by Crippen LogP contribution is 2.31. The molecule has 6 heteroatoms. The van der Waals surface area contributed by atoms with E-state index in [4.69, 9.17) is 19.9 Å². The molecule has 3 aromatic heterocycles. The second kappa shape index (κ2) is 8.35. The van der Waals surface area contributed by atoms with Gasteiger partial charge < -0.3 is 0 Å². The fourth-order valence-corrected chi connectivity index (χ4v) is 5.24. The molecule has 0 N–H and O–H groups in total. The maximum atomic E-state index is 5.08. The molecule has 0 atom stereocenters. The number of benzene rings is 4. The first-order valence-electron chi connectivity index (χ1n) is 12.8. The van der Waals surface area contributed by atoms with Gasteiger partial charge in [-0.25, -0.2) is 14.5 Å². The Morgan fingerprint density at radius 2 is 1.05 bits per heavy atom. The highest BCUT2D eigenvalue weighted by molar-refractivity contribution is 5.91. The Bertz CT molecular complexity index is 1960. The summed E-state index contributed by atoms with van der Waals surface area (Å²) in [6.07, 6.45) is 0. The molecule has 0 spiro atoms. The van der Waals surface area contributed by atoms with Gasteiger partial charge in [0.25, 0.3) is 0 Å². The monoisotopic (exact) mass is 494 g/mol. The van der Waals surface area contributed by atoms with Crippen molar-refractivity contribution in [3.8, 4) is 28.7 Å². The minimum Gasteiger partial charge on any atom is -0.276 e. The quantitative estimate of drug-likeness (QED) is 0.261.